The molecule has 1 aliphatic heterocycles. The lowest BCUT2D eigenvalue weighted by atomic mass is 10.1. The first-order valence-corrected chi connectivity index (χ1v) is 6.42. The predicted molar refractivity (Wildman–Crippen MR) is 66.3 cm³/mol. The molecule has 4 nitrogen and oxygen atoms in total. The minimum Gasteiger partial charge on any atom is -0.377 e. The number of hydrogen-bond acceptors (Lipinski definition) is 3. The Hall–Kier alpha value is -0.390. The number of rotatable bonds is 3. The molecule has 1 N–H and O–H groups in total. The van der Waals surface area contributed by atoms with E-state index in [4.69, 9.17) is 4.74 Å². The van der Waals surface area contributed by atoms with Crippen molar-refractivity contribution in [3.8, 4) is 0 Å². The number of hydrogen-bond donors (Lipinski definition) is 1. The number of aryl methyl sites for hydroxylation is 2. The zero-order valence-electron chi connectivity index (χ0n) is 9.96. The van der Waals surface area contributed by atoms with Gasteiger partial charge in [0.2, 0.25) is 0 Å². The fraction of sp³-hybridized carbons (Fsp3) is 0.727. The quantitative estimate of drug-likeness (QED) is 0.921. The van der Waals surface area contributed by atoms with E-state index in [9.17, 15) is 0 Å². The lowest BCUT2D eigenvalue weighted by Gasteiger charge is -2.16. The molecular weight excluding hydrogens is 270 g/mol. The number of aromatic nitrogens is 2. The molecule has 1 aromatic rings. The summed E-state index contributed by atoms with van der Waals surface area (Å²) in [6.07, 6.45) is 1.41. The molecule has 2 rings (SSSR count). The zero-order chi connectivity index (χ0) is 11.7. The second-order valence-corrected chi connectivity index (χ2v) is 5.11. The van der Waals surface area contributed by atoms with Crippen LogP contribution in [0.15, 0.2) is 4.47 Å². The first kappa shape index (κ1) is 12.1. The largest absolute Gasteiger partial charge is 0.377 e. The second kappa shape index (κ2) is 4.85. The van der Waals surface area contributed by atoms with Crippen molar-refractivity contribution in [2.75, 3.05) is 6.61 Å². The van der Waals surface area contributed by atoms with E-state index < -0.39 is 0 Å². The number of halogens is 1. The summed E-state index contributed by atoms with van der Waals surface area (Å²) >= 11 is 3.57. The third kappa shape index (κ3) is 2.31. The van der Waals surface area contributed by atoms with Crippen LogP contribution in [0.3, 0.4) is 0 Å². The van der Waals surface area contributed by atoms with E-state index in [-0.39, 0.29) is 0 Å². The maximum atomic E-state index is 5.52. The number of nitrogens with one attached hydrogen (secondary N) is 1. The summed E-state index contributed by atoms with van der Waals surface area (Å²) in [7, 11) is 1.98. The first-order valence-electron chi connectivity index (χ1n) is 5.62. The van der Waals surface area contributed by atoms with E-state index in [0.717, 1.165) is 29.7 Å². The highest BCUT2D eigenvalue weighted by molar-refractivity contribution is 9.10. The van der Waals surface area contributed by atoms with Gasteiger partial charge in [0.25, 0.3) is 0 Å². The highest BCUT2D eigenvalue weighted by atomic mass is 79.9. The van der Waals surface area contributed by atoms with Crippen LogP contribution in [0.25, 0.3) is 0 Å². The summed E-state index contributed by atoms with van der Waals surface area (Å²) < 4.78 is 8.55. The second-order valence-electron chi connectivity index (χ2n) is 4.32. The summed E-state index contributed by atoms with van der Waals surface area (Å²) in [5.41, 5.74) is 2.23. The molecule has 0 saturated carbocycles. The molecule has 5 heteroatoms. The van der Waals surface area contributed by atoms with Gasteiger partial charge in [0.05, 0.1) is 22.0 Å². The zero-order valence-corrected chi connectivity index (χ0v) is 11.5. The van der Waals surface area contributed by atoms with Gasteiger partial charge < -0.3 is 10.1 Å². The van der Waals surface area contributed by atoms with Gasteiger partial charge >= 0.3 is 0 Å². The van der Waals surface area contributed by atoms with Crippen molar-refractivity contribution in [2.45, 2.75) is 39.0 Å². The molecule has 1 fully saturated rings. The fourth-order valence-electron chi connectivity index (χ4n) is 2.10. The lowest BCUT2D eigenvalue weighted by molar-refractivity contribution is 0.113. The third-order valence-electron chi connectivity index (χ3n) is 3.17. The Kier molecular flexibility index (Phi) is 3.66. The summed E-state index contributed by atoms with van der Waals surface area (Å²) in [5, 5.41) is 7.90. The summed E-state index contributed by atoms with van der Waals surface area (Å²) in [4.78, 5) is 0. The molecule has 2 heterocycles. The van der Waals surface area contributed by atoms with Crippen LogP contribution in [0.4, 0.5) is 0 Å². The standard InChI is InChI=1S/C11H18BrN3O/c1-7-11(12)10(15(3)14-7)6-13-9-4-5-16-8(9)2/h8-9,13H,4-6H2,1-3H3. The summed E-state index contributed by atoms with van der Waals surface area (Å²) in [6.45, 7) is 5.82. The van der Waals surface area contributed by atoms with Gasteiger partial charge in [0, 0.05) is 26.2 Å². The topological polar surface area (TPSA) is 39.1 Å². The molecule has 90 valence electrons. The van der Waals surface area contributed by atoms with Gasteiger partial charge in [0.15, 0.2) is 0 Å². The van der Waals surface area contributed by atoms with E-state index in [0.29, 0.717) is 12.1 Å². The lowest BCUT2D eigenvalue weighted by Crippen LogP contribution is -2.34. The van der Waals surface area contributed by atoms with Crippen LogP contribution >= 0.6 is 15.9 Å². The molecule has 2 unspecified atom stereocenters. The van der Waals surface area contributed by atoms with Crippen LogP contribution in [0.2, 0.25) is 0 Å². The Bertz CT molecular complexity index is 378. The van der Waals surface area contributed by atoms with E-state index in [1.54, 1.807) is 0 Å². The van der Waals surface area contributed by atoms with Crippen LogP contribution in [0, 0.1) is 6.92 Å². The van der Waals surface area contributed by atoms with Crippen LogP contribution in [-0.2, 0) is 18.3 Å². The van der Waals surface area contributed by atoms with Crippen LogP contribution in [0.1, 0.15) is 24.7 Å². The molecular formula is C11H18BrN3O. The molecule has 2 atom stereocenters. The molecule has 0 aliphatic carbocycles. The Morgan fingerprint density at radius 2 is 2.38 bits per heavy atom. The van der Waals surface area contributed by atoms with Gasteiger partial charge in [0.1, 0.15) is 0 Å². The van der Waals surface area contributed by atoms with Gasteiger partial charge in [-0.05, 0) is 36.2 Å². The Labute approximate surface area is 104 Å². The van der Waals surface area contributed by atoms with Crippen molar-refractivity contribution < 1.29 is 4.74 Å². The van der Waals surface area contributed by atoms with Crippen molar-refractivity contribution in [3.63, 3.8) is 0 Å². The minimum absolute atomic E-state index is 0.313. The average Bonchev–Trinajstić information content (AvgIpc) is 2.72. The van der Waals surface area contributed by atoms with Crippen molar-refractivity contribution in [3.05, 3.63) is 15.9 Å². The molecule has 0 aromatic carbocycles. The predicted octanol–water partition coefficient (Wildman–Crippen LogP) is 1.76. The molecule has 1 aromatic heterocycles. The Morgan fingerprint density at radius 3 is 2.88 bits per heavy atom. The van der Waals surface area contributed by atoms with Crippen LogP contribution in [-0.4, -0.2) is 28.5 Å². The monoisotopic (exact) mass is 287 g/mol. The normalized spacial score (nSPS) is 25.2. The summed E-state index contributed by atoms with van der Waals surface area (Å²) in [6, 6.07) is 0.460. The first-order chi connectivity index (χ1) is 7.59. The molecule has 1 aliphatic rings. The maximum Gasteiger partial charge on any atom is 0.0739 e. The van der Waals surface area contributed by atoms with Gasteiger partial charge in [-0.15, -0.1) is 0 Å². The summed E-state index contributed by atoms with van der Waals surface area (Å²) in [5.74, 6) is 0. The van der Waals surface area contributed by atoms with Gasteiger partial charge in [-0.1, -0.05) is 0 Å². The van der Waals surface area contributed by atoms with Crippen molar-refractivity contribution >= 4 is 15.9 Å². The molecule has 0 radical (unpaired) electrons. The highest BCUT2D eigenvalue weighted by Gasteiger charge is 2.24. The molecule has 1 saturated heterocycles. The van der Waals surface area contributed by atoms with Crippen molar-refractivity contribution in [1.29, 1.82) is 0 Å². The SMILES string of the molecule is Cc1nn(C)c(CNC2CCOC2C)c1Br. The van der Waals surface area contributed by atoms with Crippen LogP contribution < -0.4 is 5.32 Å². The van der Waals surface area contributed by atoms with E-state index in [1.807, 2.05) is 18.7 Å². The smallest absolute Gasteiger partial charge is 0.0739 e. The van der Waals surface area contributed by atoms with Crippen molar-refractivity contribution in [1.82, 2.24) is 15.1 Å². The molecule has 0 spiro atoms. The van der Waals surface area contributed by atoms with Crippen LogP contribution in [0.5, 0.6) is 0 Å². The van der Waals surface area contributed by atoms with E-state index in [2.05, 4.69) is 33.3 Å². The highest BCUT2D eigenvalue weighted by Crippen LogP contribution is 2.21. The van der Waals surface area contributed by atoms with E-state index in [1.165, 1.54) is 5.69 Å². The Morgan fingerprint density at radius 1 is 1.62 bits per heavy atom. The van der Waals surface area contributed by atoms with E-state index >= 15 is 0 Å². The van der Waals surface area contributed by atoms with Crippen molar-refractivity contribution in [2.24, 2.45) is 7.05 Å². The molecule has 0 amide bonds. The maximum absolute atomic E-state index is 5.52. The Balaban J connectivity index is 1.99. The number of nitrogens with zero attached hydrogens (tertiary/aromatic N) is 2. The van der Waals surface area contributed by atoms with Gasteiger partial charge in [-0.2, -0.15) is 5.10 Å². The minimum atomic E-state index is 0.313. The third-order valence-corrected chi connectivity index (χ3v) is 4.20. The molecule has 0 bridgehead atoms. The van der Waals surface area contributed by atoms with Gasteiger partial charge in [-0.25, -0.2) is 0 Å². The average molecular weight is 288 g/mol. The number of ether oxygens (including phenoxy) is 1. The molecule has 16 heavy (non-hydrogen) atoms. The fourth-order valence-corrected chi connectivity index (χ4v) is 2.58. The van der Waals surface area contributed by atoms with Gasteiger partial charge in [-0.3, -0.25) is 4.68 Å².